The summed E-state index contributed by atoms with van der Waals surface area (Å²) in [7, 11) is 0. The highest BCUT2D eigenvalue weighted by atomic mass is 32.2. The van der Waals surface area contributed by atoms with E-state index in [1.807, 2.05) is 19.2 Å². The van der Waals surface area contributed by atoms with Gasteiger partial charge in [0.25, 0.3) is 0 Å². The Morgan fingerprint density at radius 2 is 2.48 bits per heavy atom. The largest absolute Gasteiger partial charge is 0.465 e. The number of rotatable bonds is 4. The average molecular weight is 336 g/mol. The number of nitrogens with one attached hydrogen (secondary N) is 1. The van der Waals surface area contributed by atoms with E-state index in [-0.39, 0.29) is 12.0 Å². The van der Waals surface area contributed by atoms with Gasteiger partial charge in [-0.15, -0.1) is 0 Å². The van der Waals surface area contributed by atoms with Gasteiger partial charge >= 0.3 is 5.97 Å². The fourth-order valence-corrected chi connectivity index (χ4v) is 4.06. The normalized spacial score (nSPS) is 27.4. The van der Waals surface area contributed by atoms with Crippen molar-refractivity contribution < 1.29 is 9.53 Å². The number of anilines is 1. The number of carbonyl (C=O) groups is 1. The average Bonchev–Trinajstić information content (AvgIpc) is 2.61. The van der Waals surface area contributed by atoms with Crippen molar-refractivity contribution in [2.24, 2.45) is 5.41 Å². The highest BCUT2D eigenvalue weighted by Gasteiger charge is 2.51. The maximum absolute atomic E-state index is 12.7. The molecule has 0 amide bonds. The molecule has 3 rings (SSSR count). The molecule has 3 heterocycles. The van der Waals surface area contributed by atoms with Gasteiger partial charge in [0.05, 0.1) is 6.61 Å². The van der Waals surface area contributed by atoms with E-state index in [0.29, 0.717) is 13.2 Å². The minimum absolute atomic E-state index is 0.0685. The van der Waals surface area contributed by atoms with Crippen molar-refractivity contribution in [2.75, 3.05) is 37.4 Å². The molecule has 2 atom stereocenters. The molecule has 2 unspecified atom stereocenters. The molecule has 2 aliphatic heterocycles. The minimum atomic E-state index is -0.461. The van der Waals surface area contributed by atoms with Crippen LogP contribution in [0.1, 0.15) is 26.2 Å². The number of thioether (sulfide) groups is 1. The molecule has 0 aromatic carbocycles. The van der Waals surface area contributed by atoms with Gasteiger partial charge in [-0.1, -0.05) is 11.8 Å². The van der Waals surface area contributed by atoms with Crippen molar-refractivity contribution in [3.05, 3.63) is 12.3 Å². The molecule has 1 aromatic rings. The second-order valence-corrected chi connectivity index (χ2v) is 6.87. The van der Waals surface area contributed by atoms with Crippen LogP contribution < -0.4 is 10.2 Å². The van der Waals surface area contributed by atoms with Crippen molar-refractivity contribution in [3.8, 4) is 0 Å². The van der Waals surface area contributed by atoms with Gasteiger partial charge in [0, 0.05) is 25.3 Å². The molecule has 2 saturated heterocycles. The molecule has 0 aliphatic carbocycles. The van der Waals surface area contributed by atoms with Crippen LogP contribution in [0.25, 0.3) is 0 Å². The van der Waals surface area contributed by atoms with E-state index in [4.69, 9.17) is 4.74 Å². The first-order valence-corrected chi connectivity index (χ1v) is 9.44. The van der Waals surface area contributed by atoms with Crippen molar-refractivity contribution >= 4 is 23.5 Å². The molecule has 1 aromatic heterocycles. The van der Waals surface area contributed by atoms with Gasteiger partial charge in [-0.2, -0.15) is 0 Å². The molecule has 1 N–H and O–H groups in total. The monoisotopic (exact) mass is 336 g/mol. The maximum atomic E-state index is 12.7. The van der Waals surface area contributed by atoms with E-state index in [9.17, 15) is 4.79 Å². The Morgan fingerprint density at radius 1 is 1.61 bits per heavy atom. The van der Waals surface area contributed by atoms with Crippen molar-refractivity contribution in [3.63, 3.8) is 0 Å². The molecule has 0 saturated carbocycles. The molecular weight excluding hydrogens is 312 g/mol. The van der Waals surface area contributed by atoms with Crippen LogP contribution in [-0.2, 0) is 9.53 Å². The van der Waals surface area contributed by atoms with Crippen molar-refractivity contribution in [1.82, 2.24) is 15.3 Å². The lowest BCUT2D eigenvalue weighted by Crippen LogP contribution is -2.63. The van der Waals surface area contributed by atoms with E-state index in [2.05, 4.69) is 20.2 Å². The lowest BCUT2D eigenvalue weighted by Gasteiger charge is -2.49. The highest BCUT2D eigenvalue weighted by Crippen LogP contribution is 2.40. The molecule has 7 heteroatoms. The summed E-state index contributed by atoms with van der Waals surface area (Å²) in [4.78, 5) is 23.8. The number of aromatic nitrogens is 2. The SMILES string of the molecule is CCOC(=O)C12CCCNC1CCN(c1ccnc(SC)n1)C2. The number of nitrogens with zero attached hydrogens (tertiary/aromatic N) is 3. The van der Waals surface area contributed by atoms with Gasteiger partial charge in [-0.3, -0.25) is 4.79 Å². The zero-order chi connectivity index (χ0) is 16.3. The number of fused-ring (bicyclic) bond motifs is 1. The molecule has 0 radical (unpaired) electrons. The van der Waals surface area contributed by atoms with Crippen LogP contribution >= 0.6 is 11.8 Å². The highest BCUT2D eigenvalue weighted by molar-refractivity contribution is 7.98. The first-order chi connectivity index (χ1) is 11.2. The summed E-state index contributed by atoms with van der Waals surface area (Å²) in [6.07, 6.45) is 6.56. The summed E-state index contributed by atoms with van der Waals surface area (Å²) in [6.45, 7) is 4.83. The Balaban J connectivity index is 1.86. The van der Waals surface area contributed by atoms with Crippen LogP contribution in [0.3, 0.4) is 0 Å². The van der Waals surface area contributed by atoms with Crippen molar-refractivity contribution in [2.45, 2.75) is 37.4 Å². The molecule has 0 spiro atoms. The predicted molar refractivity (Wildman–Crippen MR) is 90.7 cm³/mol. The Labute approximate surface area is 141 Å². The van der Waals surface area contributed by atoms with Crippen LogP contribution in [0.4, 0.5) is 5.82 Å². The lowest BCUT2D eigenvalue weighted by molar-refractivity contribution is -0.159. The summed E-state index contributed by atoms with van der Waals surface area (Å²) in [5, 5.41) is 4.29. The van der Waals surface area contributed by atoms with Gasteiger partial charge in [0.1, 0.15) is 11.2 Å². The van der Waals surface area contributed by atoms with Gasteiger partial charge in [0.2, 0.25) is 0 Å². The Hall–Kier alpha value is -1.34. The third kappa shape index (κ3) is 3.17. The lowest BCUT2D eigenvalue weighted by atomic mass is 9.70. The second-order valence-electron chi connectivity index (χ2n) is 6.10. The fraction of sp³-hybridized carbons (Fsp3) is 0.688. The molecule has 6 nitrogen and oxygen atoms in total. The first-order valence-electron chi connectivity index (χ1n) is 8.22. The van der Waals surface area contributed by atoms with Gasteiger partial charge in [-0.05, 0) is 45.1 Å². The van der Waals surface area contributed by atoms with Crippen LogP contribution in [0, 0.1) is 5.41 Å². The van der Waals surface area contributed by atoms with Gasteiger partial charge in [0.15, 0.2) is 5.16 Å². The Bertz CT molecular complexity index is 571. The molecule has 2 aliphatic rings. The third-order valence-corrected chi connectivity index (χ3v) is 5.39. The number of esters is 1. The van der Waals surface area contributed by atoms with Crippen LogP contribution in [-0.4, -0.2) is 54.5 Å². The molecule has 23 heavy (non-hydrogen) atoms. The van der Waals surface area contributed by atoms with Crippen LogP contribution in [0.5, 0.6) is 0 Å². The van der Waals surface area contributed by atoms with Gasteiger partial charge in [-0.25, -0.2) is 9.97 Å². The zero-order valence-corrected chi connectivity index (χ0v) is 14.6. The predicted octanol–water partition coefficient (Wildman–Crippen LogP) is 1.71. The van der Waals surface area contributed by atoms with E-state index >= 15 is 0 Å². The minimum Gasteiger partial charge on any atom is -0.465 e. The zero-order valence-electron chi connectivity index (χ0n) is 13.7. The number of hydrogen-bond acceptors (Lipinski definition) is 7. The Kier molecular flexibility index (Phi) is 5.06. The van der Waals surface area contributed by atoms with E-state index in [1.54, 1.807) is 6.20 Å². The third-order valence-electron chi connectivity index (χ3n) is 4.83. The fourth-order valence-electron chi connectivity index (χ4n) is 3.71. The summed E-state index contributed by atoms with van der Waals surface area (Å²) < 4.78 is 5.43. The maximum Gasteiger partial charge on any atom is 0.315 e. The number of ether oxygens (including phenoxy) is 1. The summed E-state index contributed by atoms with van der Waals surface area (Å²) in [6, 6.07) is 2.13. The molecule has 126 valence electrons. The molecular formula is C16H24N4O2S. The summed E-state index contributed by atoms with van der Waals surface area (Å²) in [5.74, 6) is 0.832. The second kappa shape index (κ2) is 7.05. The van der Waals surface area contributed by atoms with Gasteiger partial charge < -0.3 is 15.0 Å². The van der Waals surface area contributed by atoms with Crippen LogP contribution in [0.2, 0.25) is 0 Å². The summed E-state index contributed by atoms with van der Waals surface area (Å²) >= 11 is 1.53. The van der Waals surface area contributed by atoms with Crippen LogP contribution in [0.15, 0.2) is 17.4 Å². The molecule has 0 bridgehead atoms. The van der Waals surface area contributed by atoms with E-state index in [1.165, 1.54) is 11.8 Å². The van der Waals surface area contributed by atoms with E-state index in [0.717, 1.165) is 43.3 Å². The topological polar surface area (TPSA) is 67.3 Å². The number of hydrogen-bond donors (Lipinski definition) is 1. The number of carbonyl (C=O) groups excluding carboxylic acids is 1. The molecule has 2 fully saturated rings. The first kappa shape index (κ1) is 16.5. The standard InChI is InChI=1S/C16H24N4O2S/c1-3-22-14(21)16-7-4-8-17-12(16)6-10-20(11-16)13-5-9-18-15(19-13)23-2/h5,9,12,17H,3-4,6-8,10-11H2,1-2H3. The van der Waals surface area contributed by atoms with Crippen molar-refractivity contribution in [1.29, 1.82) is 0 Å². The quantitative estimate of drug-likeness (QED) is 0.510. The summed E-state index contributed by atoms with van der Waals surface area (Å²) in [5.41, 5.74) is -0.461. The van der Waals surface area contributed by atoms with E-state index < -0.39 is 5.41 Å². The number of piperidine rings is 2. The smallest absolute Gasteiger partial charge is 0.315 e. The Morgan fingerprint density at radius 3 is 3.26 bits per heavy atom.